The van der Waals surface area contributed by atoms with Crippen LogP contribution < -0.4 is 5.32 Å². The van der Waals surface area contributed by atoms with Crippen molar-refractivity contribution in [3.8, 4) is 0 Å². The van der Waals surface area contributed by atoms with Gasteiger partial charge in [0.25, 0.3) is 5.91 Å². The summed E-state index contributed by atoms with van der Waals surface area (Å²) in [5.41, 5.74) is 1.23. The van der Waals surface area contributed by atoms with Crippen LogP contribution in [0, 0.1) is 5.92 Å². The molecule has 33 heavy (non-hydrogen) atoms. The number of rotatable bonds is 6. The number of ether oxygens (including phenoxy) is 1. The second kappa shape index (κ2) is 9.14. The molecule has 2 fully saturated rings. The molecule has 0 bridgehead atoms. The van der Waals surface area contributed by atoms with Gasteiger partial charge in [0.15, 0.2) is 5.58 Å². The van der Waals surface area contributed by atoms with Gasteiger partial charge in [0.05, 0.1) is 31.5 Å². The molecule has 0 spiro atoms. The van der Waals surface area contributed by atoms with Crippen LogP contribution in [0.2, 0.25) is 0 Å². The quantitative estimate of drug-likeness (QED) is 0.723. The van der Waals surface area contributed by atoms with E-state index in [9.17, 15) is 9.59 Å². The van der Waals surface area contributed by atoms with Gasteiger partial charge >= 0.3 is 0 Å². The molecule has 180 valence electrons. The van der Waals surface area contributed by atoms with Gasteiger partial charge in [0.2, 0.25) is 5.91 Å². The summed E-state index contributed by atoms with van der Waals surface area (Å²) in [5.74, 6) is 0.584. The maximum absolute atomic E-state index is 13.7. The molecule has 5 rings (SSSR count). The number of hydrogen-bond donors (Lipinski definition) is 1. The van der Waals surface area contributed by atoms with Gasteiger partial charge in [-0.15, -0.1) is 0 Å². The SMILES string of the molecule is CC1CCC(NC(=O)[C@@]2(C)Cn3c(cc4occc43)C(=O)N2CCCN2CCOCC2)CC1. The highest BCUT2D eigenvalue weighted by Gasteiger charge is 2.48. The van der Waals surface area contributed by atoms with Crippen molar-refractivity contribution >= 4 is 22.9 Å². The van der Waals surface area contributed by atoms with Crippen LogP contribution in [-0.4, -0.2) is 77.2 Å². The minimum Gasteiger partial charge on any atom is -0.463 e. The molecule has 1 N–H and O–H groups in total. The molecule has 2 aliphatic heterocycles. The van der Waals surface area contributed by atoms with E-state index < -0.39 is 5.54 Å². The van der Waals surface area contributed by atoms with Gasteiger partial charge in [0.1, 0.15) is 11.2 Å². The maximum atomic E-state index is 13.7. The van der Waals surface area contributed by atoms with Crippen LogP contribution in [0.25, 0.3) is 11.1 Å². The maximum Gasteiger partial charge on any atom is 0.271 e. The van der Waals surface area contributed by atoms with Crippen molar-refractivity contribution in [1.29, 1.82) is 0 Å². The van der Waals surface area contributed by atoms with E-state index in [2.05, 4.69) is 17.1 Å². The first kappa shape index (κ1) is 22.5. The summed E-state index contributed by atoms with van der Waals surface area (Å²) in [5, 5.41) is 3.31. The Labute approximate surface area is 195 Å². The second-order valence-corrected chi connectivity index (χ2v) is 10.3. The molecule has 3 aliphatic rings. The third-order valence-electron chi connectivity index (χ3n) is 7.85. The zero-order chi connectivity index (χ0) is 23.0. The molecule has 2 amide bonds. The van der Waals surface area contributed by atoms with Gasteiger partial charge in [-0.25, -0.2) is 0 Å². The summed E-state index contributed by atoms with van der Waals surface area (Å²) >= 11 is 0. The first-order valence-corrected chi connectivity index (χ1v) is 12.5. The molecule has 2 aromatic rings. The van der Waals surface area contributed by atoms with Crippen LogP contribution in [0.3, 0.4) is 0 Å². The van der Waals surface area contributed by atoms with Crippen molar-refractivity contribution in [3.63, 3.8) is 0 Å². The predicted molar refractivity (Wildman–Crippen MR) is 125 cm³/mol. The Morgan fingerprint density at radius 2 is 1.94 bits per heavy atom. The van der Waals surface area contributed by atoms with Crippen LogP contribution in [0.1, 0.15) is 56.4 Å². The van der Waals surface area contributed by atoms with Gasteiger partial charge in [-0.2, -0.15) is 0 Å². The lowest BCUT2D eigenvalue weighted by Gasteiger charge is -2.45. The number of amides is 2. The molecule has 2 aromatic heterocycles. The normalized spacial score (nSPS) is 28.8. The fourth-order valence-corrected chi connectivity index (χ4v) is 5.65. The Morgan fingerprint density at radius 3 is 2.70 bits per heavy atom. The number of morpholine rings is 1. The van der Waals surface area contributed by atoms with E-state index in [1.165, 1.54) is 0 Å². The third kappa shape index (κ3) is 4.30. The molecule has 1 saturated heterocycles. The highest BCUT2D eigenvalue weighted by molar-refractivity contribution is 6.02. The molecule has 0 aromatic carbocycles. The molecular weight excluding hydrogens is 420 g/mol. The Kier molecular flexibility index (Phi) is 6.22. The summed E-state index contributed by atoms with van der Waals surface area (Å²) in [6.07, 6.45) is 6.76. The zero-order valence-corrected chi connectivity index (χ0v) is 19.8. The van der Waals surface area contributed by atoms with Crippen molar-refractivity contribution < 1.29 is 18.7 Å². The predicted octanol–water partition coefficient (Wildman–Crippen LogP) is 2.87. The zero-order valence-electron chi connectivity index (χ0n) is 19.8. The highest BCUT2D eigenvalue weighted by Crippen LogP contribution is 2.33. The lowest BCUT2D eigenvalue weighted by atomic mass is 9.86. The minimum atomic E-state index is -0.943. The Bertz CT molecular complexity index is 999. The van der Waals surface area contributed by atoms with Crippen molar-refractivity contribution in [2.24, 2.45) is 5.92 Å². The molecule has 1 aliphatic carbocycles. The summed E-state index contributed by atoms with van der Waals surface area (Å²) < 4.78 is 13.0. The Morgan fingerprint density at radius 1 is 1.18 bits per heavy atom. The van der Waals surface area contributed by atoms with Crippen molar-refractivity contribution in [2.75, 3.05) is 39.4 Å². The van der Waals surface area contributed by atoms with Gasteiger partial charge in [-0.1, -0.05) is 6.92 Å². The number of nitrogens with zero attached hydrogens (tertiary/aromatic N) is 3. The smallest absolute Gasteiger partial charge is 0.271 e. The number of carbonyl (C=O) groups is 2. The molecule has 1 atom stereocenters. The van der Waals surface area contributed by atoms with Crippen molar-refractivity contribution in [3.05, 3.63) is 24.1 Å². The second-order valence-electron chi connectivity index (χ2n) is 10.3. The first-order valence-electron chi connectivity index (χ1n) is 12.5. The van der Waals surface area contributed by atoms with Gasteiger partial charge in [0, 0.05) is 44.4 Å². The molecule has 1 saturated carbocycles. The van der Waals surface area contributed by atoms with Gasteiger partial charge in [-0.05, 0) is 44.9 Å². The number of carbonyl (C=O) groups excluding carboxylic acids is 2. The fourth-order valence-electron chi connectivity index (χ4n) is 5.65. The number of aromatic nitrogens is 1. The third-order valence-corrected chi connectivity index (χ3v) is 7.85. The summed E-state index contributed by atoms with van der Waals surface area (Å²) in [6, 6.07) is 3.88. The number of hydrogen-bond acceptors (Lipinski definition) is 5. The van der Waals surface area contributed by atoms with E-state index in [1.54, 1.807) is 6.26 Å². The molecule has 8 heteroatoms. The van der Waals surface area contributed by atoms with Crippen LogP contribution >= 0.6 is 0 Å². The van der Waals surface area contributed by atoms with Gasteiger partial charge < -0.3 is 23.9 Å². The van der Waals surface area contributed by atoms with E-state index in [0.717, 1.165) is 76.4 Å². The van der Waals surface area contributed by atoms with E-state index in [4.69, 9.17) is 9.15 Å². The number of fused-ring (bicyclic) bond motifs is 3. The number of furan rings is 1. The van der Waals surface area contributed by atoms with Crippen molar-refractivity contribution in [2.45, 2.75) is 64.1 Å². The topological polar surface area (TPSA) is 80.0 Å². The molecule has 8 nitrogen and oxygen atoms in total. The first-order chi connectivity index (χ1) is 16.0. The van der Waals surface area contributed by atoms with E-state index in [1.807, 2.05) is 28.5 Å². The molecular formula is C25H36N4O4. The van der Waals surface area contributed by atoms with Crippen LogP contribution in [0.4, 0.5) is 0 Å². The highest BCUT2D eigenvalue weighted by atomic mass is 16.5. The lowest BCUT2D eigenvalue weighted by molar-refractivity contribution is -0.133. The van der Waals surface area contributed by atoms with Crippen molar-refractivity contribution in [1.82, 2.24) is 19.7 Å². The Balaban J connectivity index is 1.37. The van der Waals surface area contributed by atoms with Crippen LogP contribution in [-0.2, 0) is 16.1 Å². The Hall–Kier alpha value is -2.32. The van der Waals surface area contributed by atoms with Gasteiger partial charge in [-0.3, -0.25) is 14.5 Å². The summed E-state index contributed by atoms with van der Waals surface area (Å²) in [4.78, 5) is 31.6. The van der Waals surface area contributed by atoms with E-state index >= 15 is 0 Å². The average Bonchev–Trinajstić information content (AvgIpc) is 3.41. The molecule has 0 radical (unpaired) electrons. The number of nitrogens with one attached hydrogen (secondary N) is 1. The standard InChI is InChI=1S/C25H36N4O4/c1-18-4-6-19(7-5-18)26-24(31)25(2)17-28-20-8-13-33-22(20)16-21(28)23(30)29(25)10-3-9-27-11-14-32-15-12-27/h8,13,16,18-19H,3-7,9-12,14-15,17H2,1-2H3,(H,26,31)/t18?,19?,25-/m1/s1. The minimum absolute atomic E-state index is 0.0437. The molecule has 4 heterocycles. The van der Waals surface area contributed by atoms with Crippen LogP contribution in [0.5, 0.6) is 0 Å². The van der Waals surface area contributed by atoms with Crippen LogP contribution in [0.15, 0.2) is 22.8 Å². The lowest BCUT2D eigenvalue weighted by Crippen LogP contribution is -2.65. The van der Waals surface area contributed by atoms with E-state index in [-0.39, 0.29) is 17.9 Å². The summed E-state index contributed by atoms with van der Waals surface area (Å²) in [6.45, 7) is 9.45. The monoisotopic (exact) mass is 456 g/mol. The van der Waals surface area contributed by atoms with E-state index in [0.29, 0.717) is 24.4 Å². The average molecular weight is 457 g/mol. The fraction of sp³-hybridized carbons (Fsp3) is 0.680. The summed E-state index contributed by atoms with van der Waals surface area (Å²) in [7, 11) is 0. The largest absolute Gasteiger partial charge is 0.463 e. The molecule has 0 unspecified atom stereocenters.